The van der Waals surface area contributed by atoms with E-state index in [1.807, 2.05) is 13.0 Å². The lowest BCUT2D eigenvalue weighted by atomic mass is 10.1. The molecule has 4 N–H and O–H groups in total. The predicted octanol–water partition coefficient (Wildman–Crippen LogP) is 0.966. The molecular formula is C11H16N4O. The van der Waals surface area contributed by atoms with Crippen LogP contribution in [0.3, 0.4) is 0 Å². The molecule has 0 radical (unpaired) electrons. The number of aliphatic hydroxyl groups excluding tert-OH is 1. The van der Waals surface area contributed by atoms with Gasteiger partial charge in [-0.3, -0.25) is 0 Å². The van der Waals surface area contributed by atoms with Crippen LogP contribution in [0.15, 0.2) is 12.3 Å². The molecule has 0 amide bonds. The van der Waals surface area contributed by atoms with Gasteiger partial charge in [0.05, 0.1) is 17.4 Å². The van der Waals surface area contributed by atoms with Gasteiger partial charge in [-0.2, -0.15) is 5.26 Å². The van der Waals surface area contributed by atoms with Gasteiger partial charge in [0, 0.05) is 13.2 Å². The summed E-state index contributed by atoms with van der Waals surface area (Å²) < 4.78 is 0. The summed E-state index contributed by atoms with van der Waals surface area (Å²) in [5.41, 5.74) is 6.45. The zero-order valence-corrected chi connectivity index (χ0v) is 9.27. The molecule has 0 aliphatic rings. The summed E-state index contributed by atoms with van der Waals surface area (Å²) in [5, 5.41) is 20.7. The molecule has 0 bridgehead atoms. The fraction of sp³-hybridized carbons (Fsp3) is 0.455. The van der Waals surface area contributed by atoms with Crippen LogP contribution in [0.5, 0.6) is 0 Å². The molecule has 1 rings (SSSR count). The highest BCUT2D eigenvalue weighted by Crippen LogP contribution is 2.15. The number of nitrogen functional groups attached to an aromatic ring is 1. The molecule has 0 aliphatic carbocycles. The Bertz CT molecular complexity index is 386. The molecular weight excluding hydrogens is 204 g/mol. The normalized spacial score (nSPS) is 11.8. The second-order valence-electron chi connectivity index (χ2n) is 3.77. The molecule has 0 spiro atoms. The first-order valence-electron chi connectivity index (χ1n) is 5.17. The van der Waals surface area contributed by atoms with Crippen LogP contribution in [0.2, 0.25) is 0 Å². The minimum absolute atomic E-state index is 0.170. The lowest BCUT2D eigenvalue weighted by Gasteiger charge is -2.12. The highest BCUT2D eigenvalue weighted by Gasteiger charge is 2.06. The standard InChI is InChI=1S/C11H16N4O/c1-8(2-3-16)6-14-11-9(5-12)4-10(13)7-15-11/h4,7-8,16H,2-3,6,13H2,1H3,(H,14,15). The second kappa shape index (κ2) is 5.93. The van der Waals surface area contributed by atoms with Crippen molar-refractivity contribution in [1.82, 2.24) is 4.98 Å². The summed E-state index contributed by atoms with van der Waals surface area (Å²) in [6.07, 6.45) is 2.24. The van der Waals surface area contributed by atoms with Gasteiger partial charge in [-0.1, -0.05) is 6.92 Å². The van der Waals surface area contributed by atoms with Gasteiger partial charge >= 0.3 is 0 Å². The largest absolute Gasteiger partial charge is 0.397 e. The van der Waals surface area contributed by atoms with Gasteiger partial charge in [-0.15, -0.1) is 0 Å². The summed E-state index contributed by atoms with van der Waals surface area (Å²) in [4.78, 5) is 4.06. The van der Waals surface area contributed by atoms with Crippen molar-refractivity contribution in [2.45, 2.75) is 13.3 Å². The van der Waals surface area contributed by atoms with Gasteiger partial charge < -0.3 is 16.2 Å². The van der Waals surface area contributed by atoms with Crippen molar-refractivity contribution < 1.29 is 5.11 Å². The third kappa shape index (κ3) is 3.41. The molecule has 1 heterocycles. The number of aromatic nitrogens is 1. The van der Waals surface area contributed by atoms with E-state index in [0.29, 0.717) is 29.5 Å². The number of hydrogen-bond donors (Lipinski definition) is 3. The third-order valence-corrected chi connectivity index (χ3v) is 2.27. The number of aliphatic hydroxyl groups is 1. The number of nitrogens with zero attached hydrogens (tertiary/aromatic N) is 2. The van der Waals surface area contributed by atoms with E-state index in [2.05, 4.69) is 10.3 Å². The van der Waals surface area contributed by atoms with Gasteiger partial charge in [0.1, 0.15) is 11.9 Å². The lowest BCUT2D eigenvalue weighted by molar-refractivity contribution is 0.266. The van der Waals surface area contributed by atoms with Gasteiger partial charge in [0.15, 0.2) is 0 Å². The molecule has 0 saturated carbocycles. The highest BCUT2D eigenvalue weighted by atomic mass is 16.3. The molecule has 16 heavy (non-hydrogen) atoms. The van der Waals surface area contributed by atoms with Crippen LogP contribution in [-0.2, 0) is 0 Å². The number of rotatable bonds is 5. The predicted molar refractivity (Wildman–Crippen MR) is 62.7 cm³/mol. The van der Waals surface area contributed by atoms with Crippen LogP contribution < -0.4 is 11.1 Å². The Morgan fingerprint density at radius 3 is 3.06 bits per heavy atom. The first kappa shape index (κ1) is 12.3. The van der Waals surface area contributed by atoms with Crippen molar-refractivity contribution in [1.29, 1.82) is 5.26 Å². The van der Waals surface area contributed by atoms with E-state index in [1.165, 1.54) is 6.20 Å². The van der Waals surface area contributed by atoms with E-state index in [9.17, 15) is 0 Å². The zero-order valence-electron chi connectivity index (χ0n) is 9.27. The van der Waals surface area contributed by atoms with Crippen LogP contribution in [-0.4, -0.2) is 23.2 Å². The molecule has 0 aromatic carbocycles. The third-order valence-electron chi connectivity index (χ3n) is 2.27. The van der Waals surface area contributed by atoms with Crippen molar-refractivity contribution in [3.8, 4) is 6.07 Å². The van der Waals surface area contributed by atoms with Crippen molar-refractivity contribution >= 4 is 11.5 Å². The topological polar surface area (TPSA) is 95.0 Å². The number of pyridine rings is 1. The summed E-state index contributed by atoms with van der Waals surface area (Å²) in [5.74, 6) is 0.873. The number of nitriles is 1. The minimum atomic E-state index is 0.170. The number of anilines is 2. The van der Waals surface area contributed by atoms with E-state index in [4.69, 9.17) is 16.1 Å². The minimum Gasteiger partial charge on any atom is -0.397 e. The van der Waals surface area contributed by atoms with Crippen molar-refractivity contribution in [2.75, 3.05) is 24.2 Å². The highest BCUT2D eigenvalue weighted by molar-refractivity contribution is 5.57. The fourth-order valence-electron chi connectivity index (χ4n) is 1.30. The molecule has 0 saturated heterocycles. The molecule has 1 unspecified atom stereocenters. The molecule has 0 fully saturated rings. The number of hydrogen-bond acceptors (Lipinski definition) is 5. The Hall–Kier alpha value is -1.80. The zero-order chi connectivity index (χ0) is 12.0. The first-order chi connectivity index (χ1) is 7.67. The van der Waals surface area contributed by atoms with E-state index < -0.39 is 0 Å². The Morgan fingerprint density at radius 1 is 1.69 bits per heavy atom. The van der Waals surface area contributed by atoms with Crippen molar-refractivity contribution in [3.63, 3.8) is 0 Å². The van der Waals surface area contributed by atoms with Crippen LogP contribution in [0.25, 0.3) is 0 Å². The quantitative estimate of drug-likeness (QED) is 0.687. The summed E-state index contributed by atoms with van der Waals surface area (Å²) >= 11 is 0. The fourth-order valence-corrected chi connectivity index (χ4v) is 1.30. The van der Waals surface area contributed by atoms with Crippen molar-refractivity contribution in [3.05, 3.63) is 17.8 Å². The Balaban J connectivity index is 2.64. The summed E-state index contributed by atoms with van der Waals surface area (Å²) in [6.45, 7) is 2.86. The monoisotopic (exact) mass is 220 g/mol. The molecule has 1 aromatic rings. The average Bonchev–Trinajstić information content (AvgIpc) is 2.27. The van der Waals surface area contributed by atoms with Crippen LogP contribution >= 0.6 is 0 Å². The maximum Gasteiger partial charge on any atom is 0.144 e. The number of nitrogens with two attached hydrogens (primary N) is 1. The first-order valence-corrected chi connectivity index (χ1v) is 5.17. The second-order valence-corrected chi connectivity index (χ2v) is 3.77. The summed E-state index contributed by atoms with van der Waals surface area (Å²) in [6, 6.07) is 3.63. The van der Waals surface area contributed by atoms with Gasteiger partial charge in [-0.25, -0.2) is 4.98 Å². The van der Waals surface area contributed by atoms with Crippen LogP contribution in [0.4, 0.5) is 11.5 Å². The number of nitrogens with one attached hydrogen (secondary N) is 1. The maximum atomic E-state index is 8.89. The van der Waals surface area contributed by atoms with E-state index in [-0.39, 0.29) is 6.61 Å². The maximum absolute atomic E-state index is 8.89. The Labute approximate surface area is 94.9 Å². The van der Waals surface area contributed by atoms with E-state index in [0.717, 1.165) is 6.42 Å². The molecule has 5 heteroatoms. The van der Waals surface area contributed by atoms with Gasteiger partial charge in [0.2, 0.25) is 0 Å². The van der Waals surface area contributed by atoms with Gasteiger partial charge in [-0.05, 0) is 18.4 Å². The van der Waals surface area contributed by atoms with E-state index in [1.54, 1.807) is 6.07 Å². The van der Waals surface area contributed by atoms with E-state index >= 15 is 0 Å². The molecule has 86 valence electrons. The molecule has 0 aliphatic heterocycles. The van der Waals surface area contributed by atoms with Crippen LogP contribution in [0.1, 0.15) is 18.9 Å². The summed E-state index contributed by atoms with van der Waals surface area (Å²) in [7, 11) is 0. The van der Waals surface area contributed by atoms with Crippen molar-refractivity contribution in [2.24, 2.45) is 5.92 Å². The SMILES string of the molecule is CC(CCO)CNc1ncc(N)cc1C#N. The van der Waals surface area contributed by atoms with Gasteiger partial charge in [0.25, 0.3) is 0 Å². The van der Waals surface area contributed by atoms with Crippen LogP contribution in [0, 0.1) is 17.2 Å². The smallest absolute Gasteiger partial charge is 0.144 e. The molecule has 5 nitrogen and oxygen atoms in total. The molecule has 1 aromatic heterocycles. The lowest BCUT2D eigenvalue weighted by Crippen LogP contribution is -2.14. The Morgan fingerprint density at radius 2 is 2.44 bits per heavy atom. The Kier molecular flexibility index (Phi) is 4.55. The molecule has 1 atom stereocenters. The average molecular weight is 220 g/mol.